The molecule has 9 nitrogen and oxygen atoms in total. The second kappa shape index (κ2) is 8.41. The monoisotopic (exact) mass is 536 g/mol. The fourth-order valence-electron chi connectivity index (χ4n) is 4.58. The van der Waals surface area contributed by atoms with Gasteiger partial charge in [-0.05, 0) is 30.7 Å². The molecule has 13 heteroatoms. The van der Waals surface area contributed by atoms with Crippen LogP contribution in [0, 0.1) is 5.41 Å². The molecule has 1 saturated heterocycles. The minimum atomic E-state index is -3.52. The van der Waals surface area contributed by atoms with Crippen molar-refractivity contribution in [2.75, 3.05) is 34.3 Å². The smallest absolute Gasteiger partial charge is 0.257 e. The summed E-state index contributed by atoms with van der Waals surface area (Å²) in [6, 6.07) is 6.01. The summed E-state index contributed by atoms with van der Waals surface area (Å²) in [6.45, 7) is 0.833. The maximum absolute atomic E-state index is 13.7. The van der Waals surface area contributed by atoms with Crippen LogP contribution < -0.4 is 14.9 Å². The molecule has 5 rings (SSSR count). The number of amides is 1. The van der Waals surface area contributed by atoms with Gasteiger partial charge in [0.15, 0.2) is 5.82 Å². The van der Waals surface area contributed by atoms with Crippen molar-refractivity contribution < 1.29 is 22.0 Å². The first-order valence-corrected chi connectivity index (χ1v) is 13.3. The summed E-state index contributed by atoms with van der Waals surface area (Å²) in [6.07, 6.45) is 6.24. The molecule has 3 aromatic rings. The fraction of sp³-hybridized carbons (Fsp3) is 0.348. The molecule has 1 unspecified atom stereocenters. The lowest BCUT2D eigenvalue weighted by atomic mass is 10.1. The van der Waals surface area contributed by atoms with Crippen molar-refractivity contribution >= 4 is 44.6 Å². The van der Waals surface area contributed by atoms with Crippen LogP contribution in [0.15, 0.2) is 42.9 Å². The van der Waals surface area contributed by atoms with Gasteiger partial charge in [-0.1, -0.05) is 11.6 Å². The van der Waals surface area contributed by atoms with Gasteiger partial charge in [0, 0.05) is 43.5 Å². The summed E-state index contributed by atoms with van der Waals surface area (Å²) in [4.78, 5) is 23.5. The third-order valence-corrected chi connectivity index (χ3v) is 7.35. The fourth-order valence-corrected chi connectivity index (χ4v) is 5.36. The Morgan fingerprint density at radius 1 is 1.14 bits per heavy atom. The van der Waals surface area contributed by atoms with Crippen LogP contribution in [0.5, 0.6) is 0 Å². The van der Waals surface area contributed by atoms with E-state index in [1.165, 1.54) is 18.2 Å². The molecule has 1 aliphatic carbocycles. The molecule has 1 saturated carbocycles. The number of aromatic nitrogens is 3. The molecule has 0 bridgehead atoms. The molecular formula is C23H23ClF2N6O3S. The topological polar surface area (TPSA) is 109 Å². The van der Waals surface area contributed by atoms with Gasteiger partial charge < -0.3 is 14.8 Å². The zero-order chi connectivity index (χ0) is 25.9. The molecule has 2 aliphatic rings. The van der Waals surface area contributed by atoms with Crippen molar-refractivity contribution in [2.45, 2.75) is 18.8 Å². The van der Waals surface area contributed by atoms with Crippen LogP contribution in [-0.2, 0) is 17.1 Å². The van der Waals surface area contributed by atoms with Crippen molar-refractivity contribution in [1.29, 1.82) is 0 Å². The Bertz CT molecular complexity index is 1460. The second-order valence-corrected chi connectivity index (χ2v) is 11.6. The lowest BCUT2D eigenvalue weighted by molar-refractivity contribution is 0.0711. The van der Waals surface area contributed by atoms with Gasteiger partial charge in [0.25, 0.3) is 11.8 Å². The standard InChI is InChI=1S/C23H23ClF2N6O3S/c1-31-11-14(21(33)29-16-6-15(24)7-17(8-16)30-36(2,34)35)5-19(31)20-27-9-18(10-28-20)32-4-3-22(13-32)12-23(22,25)26/h5-11,30H,3-4,12-13H2,1-2H3,(H,29,33). The number of carbonyl (C=O) groups excluding carboxylic acids is 1. The number of benzene rings is 1. The van der Waals surface area contributed by atoms with E-state index in [1.54, 1.807) is 36.3 Å². The van der Waals surface area contributed by atoms with E-state index in [4.69, 9.17) is 11.6 Å². The van der Waals surface area contributed by atoms with Crippen LogP contribution in [0.3, 0.4) is 0 Å². The molecule has 2 aromatic heterocycles. The average molecular weight is 537 g/mol. The predicted octanol–water partition coefficient (Wildman–Crippen LogP) is 3.99. The maximum Gasteiger partial charge on any atom is 0.257 e. The largest absolute Gasteiger partial charge is 0.368 e. The first-order valence-electron chi connectivity index (χ1n) is 11.1. The Morgan fingerprint density at radius 3 is 2.42 bits per heavy atom. The molecular weight excluding hydrogens is 514 g/mol. The van der Waals surface area contributed by atoms with Crippen molar-refractivity contribution in [3.63, 3.8) is 0 Å². The Labute approximate surface area is 211 Å². The average Bonchev–Trinajstić information content (AvgIpc) is 3.11. The van der Waals surface area contributed by atoms with Crippen LogP contribution in [0.25, 0.3) is 11.5 Å². The Balaban J connectivity index is 1.30. The van der Waals surface area contributed by atoms with Gasteiger partial charge in [0.05, 0.1) is 46.7 Å². The highest BCUT2D eigenvalue weighted by atomic mass is 35.5. The zero-order valence-electron chi connectivity index (χ0n) is 19.4. The summed E-state index contributed by atoms with van der Waals surface area (Å²) >= 11 is 6.06. The normalized spacial score (nSPS) is 20.5. The molecule has 1 aliphatic heterocycles. The molecule has 1 amide bonds. The van der Waals surface area contributed by atoms with E-state index < -0.39 is 27.3 Å². The number of nitrogens with one attached hydrogen (secondary N) is 2. The van der Waals surface area contributed by atoms with Crippen LogP contribution in [0.2, 0.25) is 5.02 Å². The zero-order valence-corrected chi connectivity index (χ0v) is 21.0. The first kappa shape index (κ1) is 24.4. The Kier molecular flexibility index (Phi) is 5.71. The first-order chi connectivity index (χ1) is 16.8. The molecule has 190 valence electrons. The molecule has 1 aromatic carbocycles. The van der Waals surface area contributed by atoms with Gasteiger partial charge in [0.2, 0.25) is 10.0 Å². The van der Waals surface area contributed by atoms with E-state index in [2.05, 4.69) is 20.0 Å². The molecule has 1 spiro atoms. The van der Waals surface area contributed by atoms with Gasteiger partial charge in [-0.25, -0.2) is 27.2 Å². The van der Waals surface area contributed by atoms with Crippen LogP contribution >= 0.6 is 11.6 Å². The van der Waals surface area contributed by atoms with Gasteiger partial charge in [-0.2, -0.15) is 0 Å². The van der Waals surface area contributed by atoms with Crippen molar-refractivity contribution in [2.24, 2.45) is 12.5 Å². The van der Waals surface area contributed by atoms with E-state index in [9.17, 15) is 22.0 Å². The number of anilines is 3. The minimum absolute atomic E-state index is 0.0612. The number of aryl methyl sites for hydroxylation is 1. The molecule has 1 atom stereocenters. The lowest BCUT2D eigenvalue weighted by Gasteiger charge is -2.18. The summed E-state index contributed by atoms with van der Waals surface area (Å²) in [7, 11) is -1.77. The summed E-state index contributed by atoms with van der Waals surface area (Å²) < 4.78 is 54.4. The summed E-state index contributed by atoms with van der Waals surface area (Å²) in [5.74, 6) is -2.64. The van der Waals surface area contributed by atoms with Gasteiger partial charge in [-0.15, -0.1) is 0 Å². The second-order valence-electron chi connectivity index (χ2n) is 9.38. The molecule has 0 radical (unpaired) electrons. The predicted molar refractivity (Wildman–Crippen MR) is 133 cm³/mol. The van der Waals surface area contributed by atoms with Gasteiger partial charge >= 0.3 is 0 Å². The number of rotatable bonds is 6. The summed E-state index contributed by atoms with van der Waals surface area (Å²) in [5.41, 5.74) is 1.23. The quantitative estimate of drug-likeness (QED) is 0.493. The van der Waals surface area contributed by atoms with E-state index >= 15 is 0 Å². The number of carbonyl (C=O) groups is 1. The highest BCUT2D eigenvalue weighted by molar-refractivity contribution is 7.92. The van der Waals surface area contributed by atoms with Gasteiger partial charge in [0.1, 0.15) is 0 Å². The molecule has 36 heavy (non-hydrogen) atoms. The van der Waals surface area contributed by atoms with Crippen molar-refractivity contribution in [3.05, 3.63) is 53.4 Å². The Hall–Kier alpha value is -3.25. The SMILES string of the molecule is Cn1cc(C(=O)Nc2cc(Cl)cc(NS(C)(=O)=O)c2)cc1-c1ncc(N2CCC3(C2)CC3(F)F)cn1. The number of nitrogens with zero attached hydrogens (tertiary/aromatic N) is 4. The van der Waals surface area contributed by atoms with Crippen LogP contribution in [-0.4, -0.2) is 54.1 Å². The number of halogens is 3. The molecule has 2 N–H and O–H groups in total. The van der Waals surface area contributed by atoms with Crippen LogP contribution in [0.4, 0.5) is 25.8 Å². The maximum atomic E-state index is 13.7. The summed E-state index contributed by atoms with van der Waals surface area (Å²) in [5, 5.41) is 2.95. The molecule has 2 fully saturated rings. The third kappa shape index (κ3) is 4.74. The van der Waals surface area contributed by atoms with E-state index in [0.717, 1.165) is 6.26 Å². The highest BCUT2D eigenvalue weighted by Crippen LogP contribution is 2.65. The third-order valence-electron chi connectivity index (χ3n) is 6.52. The van der Waals surface area contributed by atoms with Gasteiger partial charge in [-0.3, -0.25) is 9.52 Å². The number of hydrogen-bond acceptors (Lipinski definition) is 6. The Morgan fingerprint density at radius 2 is 1.81 bits per heavy atom. The molecule has 3 heterocycles. The minimum Gasteiger partial charge on any atom is -0.368 e. The lowest BCUT2D eigenvalue weighted by Crippen LogP contribution is -2.22. The van der Waals surface area contributed by atoms with Crippen LogP contribution in [0.1, 0.15) is 23.2 Å². The van der Waals surface area contributed by atoms with E-state index in [1.807, 2.05) is 4.90 Å². The number of hydrogen-bond donors (Lipinski definition) is 2. The number of sulfonamides is 1. The van der Waals surface area contributed by atoms with E-state index in [0.29, 0.717) is 48.0 Å². The number of alkyl halides is 2. The van der Waals surface area contributed by atoms with Crippen molar-refractivity contribution in [1.82, 2.24) is 14.5 Å². The van der Waals surface area contributed by atoms with Crippen molar-refractivity contribution in [3.8, 4) is 11.5 Å². The van der Waals surface area contributed by atoms with E-state index in [-0.39, 0.29) is 17.1 Å². The highest BCUT2D eigenvalue weighted by Gasteiger charge is 2.72.